The van der Waals surface area contributed by atoms with E-state index >= 15 is 0 Å². The molecule has 3 aromatic rings. The molecular weight excluding hydrogens is 342 g/mol. The van der Waals surface area contributed by atoms with Crippen molar-refractivity contribution in [1.82, 2.24) is 14.7 Å². The first-order valence-corrected chi connectivity index (χ1v) is 9.75. The molecule has 1 saturated carbocycles. The third-order valence-corrected chi connectivity index (χ3v) is 5.50. The minimum Gasteiger partial charge on any atom is -0.422 e. The van der Waals surface area contributed by atoms with Gasteiger partial charge in [0.05, 0.1) is 11.7 Å². The zero-order chi connectivity index (χ0) is 19.0. The molecule has 27 heavy (non-hydrogen) atoms. The van der Waals surface area contributed by atoms with Gasteiger partial charge in [-0.3, -0.25) is 9.48 Å². The first-order chi connectivity index (χ1) is 13.1. The van der Waals surface area contributed by atoms with E-state index in [0.717, 1.165) is 18.2 Å². The largest absolute Gasteiger partial charge is 0.422 e. The molecule has 6 heteroatoms. The number of hydrogen-bond donors (Lipinski definition) is 0. The Kier molecular flexibility index (Phi) is 4.72. The lowest BCUT2D eigenvalue weighted by Crippen LogP contribution is -2.47. The van der Waals surface area contributed by atoms with Crippen LogP contribution in [0.1, 0.15) is 46.0 Å². The SMILES string of the molecule is CC(C)N(C(=O)Cn1ncc2c(=O)oc3ccccc3c21)C1CCCCC1. The fourth-order valence-electron chi connectivity index (χ4n) is 4.33. The van der Waals surface area contributed by atoms with Crippen molar-refractivity contribution in [3.63, 3.8) is 0 Å². The van der Waals surface area contributed by atoms with Crippen molar-refractivity contribution in [3.05, 3.63) is 40.9 Å². The molecular formula is C21H25N3O3. The number of rotatable bonds is 4. The average molecular weight is 367 g/mol. The van der Waals surface area contributed by atoms with Crippen LogP contribution < -0.4 is 5.63 Å². The summed E-state index contributed by atoms with van der Waals surface area (Å²) < 4.78 is 7.02. The molecule has 2 heterocycles. The van der Waals surface area contributed by atoms with Crippen molar-refractivity contribution in [2.75, 3.05) is 0 Å². The molecule has 1 aliphatic carbocycles. The minimum atomic E-state index is -0.421. The van der Waals surface area contributed by atoms with E-state index in [0.29, 0.717) is 22.5 Å². The van der Waals surface area contributed by atoms with Gasteiger partial charge in [0.2, 0.25) is 5.91 Å². The van der Waals surface area contributed by atoms with E-state index in [2.05, 4.69) is 18.9 Å². The Morgan fingerprint density at radius 2 is 1.96 bits per heavy atom. The van der Waals surface area contributed by atoms with E-state index in [1.807, 2.05) is 23.1 Å². The number of carbonyl (C=O) groups is 1. The van der Waals surface area contributed by atoms with Crippen molar-refractivity contribution in [2.45, 2.75) is 64.6 Å². The topological polar surface area (TPSA) is 68.3 Å². The fraction of sp³-hybridized carbons (Fsp3) is 0.476. The Balaban J connectivity index is 1.72. The second-order valence-corrected chi connectivity index (χ2v) is 7.64. The fourth-order valence-corrected chi connectivity index (χ4v) is 4.33. The van der Waals surface area contributed by atoms with Crippen molar-refractivity contribution in [3.8, 4) is 0 Å². The van der Waals surface area contributed by atoms with E-state index in [-0.39, 0.29) is 18.5 Å². The van der Waals surface area contributed by atoms with Crippen LogP contribution in [-0.2, 0) is 11.3 Å². The molecule has 0 atom stereocenters. The molecule has 1 aromatic carbocycles. The number of fused-ring (bicyclic) bond motifs is 3. The zero-order valence-corrected chi connectivity index (χ0v) is 15.9. The normalized spacial score (nSPS) is 15.7. The molecule has 0 N–H and O–H groups in total. The summed E-state index contributed by atoms with van der Waals surface area (Å²) in [5.74, 6) is 0.0548. The van der Waals surface area contributed by atoms with E-state index < -0.39 is 5.63 Å². The van der Waals surface area contributed by atoms with Crippen molar-refractivity contribution >= 4 is 27.8 Å². The molecule has 1 aliphatic rings. The maximum absolute atomic E-state index is 13.2. The summed E-state index contributed by atoms with van der Waals surface area (Å²) in [7, 11) is 0. The second-order valence-electron chi connectivity index (χ2n) is 7.64. The first-order valence-electron chi connectivity index (χ1n) is 9.75. The number of amides is 1. The van der Waals surface area contributed by atoms with Crippen LogP contribution in [0.5, 0.6) is 0 Å². The summed E-state index contributed by atoms with van der Waals surface area (Å²) in [6, 6.07) is 7.82. The van der Waals surface area contributed by atoms with Gasteiger partial charge in [-0.15, -0.1) is 0 Å². The Morgan fingerprint density at radius 1 is 1.22 bits per heavy atom. The van der Waals surface area contributed by atoms with Gasteiger partial charge in [0.15, 0.2) is 0 Å². The van der Waals surface area contributed by atoms with E-state index in [9.17, 15) is 9.59 Å². The summed E-state index contributed by atoms with van der Waals surface area (Å²) in [4.78, 5) is 27.5. The van der Waals surface area contributed by atoms with Crippen LogP contribution in [0.2, 0.25) is 0 Å². The maximum Gasteiger partial charge on any atom is 0.347 e. The molecule has 0 spiro atoms. The second kappa shape index (κ2) is 7.18. The highest BCUT2D eigenvalue weighted by Gasteiger charge is 2.28. The standard InChI is InChI=1S/C21H25N3O3/c1-14(2)24(15-8-4-3-5-9-15)19(25)13-23-20-16-10-6-7-11-18(16)27-21(26)17(20)12-22-23/h6-7,10-12,14-15H,3-5,8-9,13H2,1-2H3. The third-order valence-electron chi connectivity index (χ3n) is 5.50. The molecule has 0 aliphatic heterocycles. The summed E-state index contributed by atoms with van der Waals surface area (Å²) in [5, 5.41) is 5.55. The predicted octanol–water partition coefficient (Wildman–Crippen LogP) is 3.71. The van der Waals surface area contributed by atoms with Gasteiger partial charge in [-0.1, -0.05) is 31.4 Å². The Labute approximate surface area is 157 Å². The van der Waals surface area contributed by atoms with Crippen molar-refractivity contribution in [1.29, 1.82) is 0 Å². The highest BCUT2D eigenvalue weighted by molar-refractivity contribution is 6.02. The van der Waals surface area contributed by atoms with Crippen molar-refractivity contribution in [2.24, 2.45) is 0 Å². The van der Waals surface area contributed by atoms with Crippen LogP contribution in [-0.4, -0.2) is 32.7 Å². The van der Waals surface area contributed by atoms with Crippen LogP contribution >= 0.6 is 0 Å². The Morgan fingerprint density at radius 3 is 2.70 bits per heavy atom. The summed E-state index contributed by atoms with van der Waals surface area (Å²) in [6.07, 6.45) is 7.24. The number of benzene rings is 1. The smallest absolute Gasteiger partial charge is 0.347 e. The lowest BCUT2D eigenvalue weighted by Gasteiger charge is -2.37. The number of hydrogen-bond acceptors (Lipinski definition) is 4. The van der Waals surface area contributed by atoms with Crippen molar-refractivity contribution < 1.29 is 9.21 Å². The first kappa shape index (κ1) is 17.8. The van der Waals surface area contributed by atoms with Gasteiger partial charge in [-0.2, -0.15) is 5.10 Å². The molecule has 0 radical (unpaired) electrons. The van der Waals surface area contributed by atoms with Gasteiger partial charge in [0.25, 0.3) is 0 Å². The summed E-state index contributed by atoms with van der Waals surface area (Å²) >= 11 is 0. The summed E-state index contributed by atoms with van der Waals surface area (Å²) in [6.45, 7) is 4.26. The Hall–Kier alpha value is -2.63. The molecule has 1 fully saturated rings. The van der Waals surface area contributed by atoms with E-state index in [4.69, 9.17) is 4.42 Å². The lowest BCUT2D eigenvalue weighted by atomic mass is 9.93. The number of nitrogens with zero attached hydrogens (tertiary/aromatic N) is 3. The van der Waals surface area contributed by atoms with Crippen LogP contribution in [0, 0.1) is 0 Å². The van der Waals surface area contributed by atoms with Crippen LogP contribution in [0.4, 0.5) is 0 Å². The maximum atomic E-state index is 13.2. The molecule has 142 valence electrons. The van der Waals surface area contributed by atoms with Gasteiger partial charge in [-0.25, -0.2) is 4.79 Å². The van der Waals surface area contributed by atoms with Gasteiger partial charge < -0.3 is 9.32 Å². The predicted molar refractivity (Wildman–Crippen MR) is 105 cm³/mol. The molecule has 0 saturated heterocycles. The van der Waals surface area contributed by atoms with E-state index in [1.165, 1.54) is 25.5 Å². The molecule has 0 bridgehead atoms. The molecule has 0 unspecified atom stereocenters. The molecule has 1 amide bonds. The van der Waals surface area contributed by atoms with E-state index in [1.54, 1.807) is 10.7 Å². The zero-order valence-electron chi connectivity index (χ0n) is 15.9. The van der Waals surface area contributed by atoms with Gasteiger partial charge in [0, 0.05) is 17.5 Å². The van der Waals surface area contributed by atoms with Gasteiger partial charge >= 0.3 is 5.63 Å². The van der Waals surface area contributed by atoms with Crippen LogP contribution in [0.15, 0.2) is 39.7 Å². The van der Waals surface area contributed by atoms with Gasteiger partial charge in [0.1, 0.15) is 17.5 Å². The molecule has 4 rings (SSSR count). The average Bonchev–Trinajstić information content (AvgIpc) is 3.07. The third kappa shape index (κ3) is 3.24. The highest BCUT2D eigenvalue weighted by atomic mass is 16.4. The molecule has 2 aromatic heterocycles. The quantitative estimate of drug-likeness (QED) is 0.659. The monoisotopic (exact) mass is 367 g/mol. The molecule has 6 nitrogen and oxygen atoms in total. The highest BCUT2D eigenvalue weighted by Crippen LogP contribution is 2.26. The van der Waals surface area contributed by atoms with Crippen LogP contribution in [0.3, 0.4) is 0 Å². The minimum absolute atomic E-state index is 0.0548. The lowest BCUT2D eigenvalue weighted by molar-refractivity contribution is -0.137. The van der Waals surface area contributed by atoms with Crippen LogP contribution in [0.25, 0.3) is 21.9 Å². The number of aromatic nitrogens is 2. The number of carbonyl (C=O) groups excluding carboxylic acids is 1. The van der Waals surface area contributed by atoms with Gasteiger partial charge in [-0.05, 0) is 38.8 Å². The number of para-hydroxylation sites is 1. The Bertz CT molecular complexity index is 1030. The summed E-state index contributed by atoms with van der Waals surface area (Å²) in [5.41, 5.74) is 0.759.